The Kier molecular flexibility index (Phi) is 21.3. The zero-order chi connectivity index (χ0) is 62.4. The van der Waals surface area contributed by atoms with Crippen molar-refractivity contribution in [1.82, 2.24) is 0 Å². The van der Waals surface area contributed by atoms with E-state index >= 15 is 4.79 Å². The van der Waals surface area contributed by atoms with Crippen LogP contribution in [0.2, 0.25) is 0 Å². The Morgan fingerprint density at radius 2 is 1.24 bits per heavy atom. The average Bonchev–Trinajstić information content (AvgIpc) is 1.54. The highest BCUT2D eigenvalue weighted by Crippen LogP contribution is 2.48. The Balaban J connectivity index is 1.03. The monoisotopic (exact) mass is 1210 g/mol. The van der Waals surface area contributed by atoms with Crippen molar-refractivity contribution < 1.29 is 126 Å². The largest absolute Gasteiger partial charge is 0.507 e. The maximum absolute atomic E-state index is 15.2. The van der Waals surface area contributed by atoms with Crippen molar-refractivity contribution in [3.05, 3.63) is 28.8 Å². The molecule has 6 aliphatic rings. The number of esters is 2. The molecule has 0 unspecified atom stereocenters. The standard InChI is InChI=1S/C59H86O26/c1-22(2)58(70)85-57-29(9)78-43(21-59(57,11)71)82-37-18-40(74-25(5)49(37)66)81-36-19-42(75-26(6)48(36)65)84-56-33(55(73-13)52(69)47(64)24(4)60)15-31-14-32-16-35(23(3)46(63)44(32)50(67)45(31)51(56)68)80-41-20-38(54(28(8)77-41)79-30(10)61)83-39-17-34(62)53(72-12)27(7)76-39/h14,16,22,24-29,33-34,36-43,47-49,53-57,60,62-67,71H,15,17-21H2,1-13H3/t24-,25-,26-,27-,28-,29+,33+,34-,36-,37-,38-,39-,40+,41+,42+,43+,47+,48-,49-,53+,54+,55+,56+,57+,59+/m0/s1. The lowest BCUT2D eigenvalue weighted by Gasteiger charge is -2.47. The number of methoxy groups -OCH3 is 2. The second kappa shape index (κ2) is 27.2. The zero-order valence-electron chi connectivity index (χ0n) is 50.3. The van der Waals surface area contributed by atoms with Crippen molar-refractivity contribution in [2.24, 2.45) is 11.8 Å². The number of ketones is 2. The molecule has 0 aromatic heterocycles. The van der Waals surface area contributed by atoms with Crippen LogP contribution in [-0.2, 0) is 82.4 Å². The third-order valence-electron chi connectivity index (χ3n) is 17.1. The van der Waals surface area contributed by atoms with Crippen LogP contribution in [0, 0.1) is 18.8 Å². The zero-order valence-corrected chi connectivity index (χ0v) is 50.3. The number of ether oxygens (including phenoxy) is 14. The summed E-state index contributed by atoms with van der Waals surface area (Å²) in [4.78, 5) is 53.9. The van der Waals surface area contributed by atoms with Crippen LogP contribution in [0.5, 0.6) is 17.2 Å². The van der Waals surface area contributed by atoms with Gasteiger partial charge in [0.15, 0.2) is 48.9 Å². The Bertz CT molecular complexity index is 2670. The van der Waals surface area contributed by atoms with Crippen LogP contribution in [0.3, 0.4) is 0 Å². The van der Waals surface area contributed by atoms with Crippen LogP contribution in [0.1, 0.15) is 123 Å². The topological polar surface area (TPSA) is 359 Å². The van der Waals surface area contributed by atoms with Gasteiger partial charge in [-0.1, -0.05) is 13.8 Å². The molecule has 0 bridgehead atoms. The van der Waals surface area contributed by atoms with Gasteiger partial charge in [0.25, 0.3) is 0 Å². The molecule has 25 atom stereocenters. The normalized spacial score (nSPS) is 39.2. The molecule has 478 valence electrons. The van der Waals surface area contributed by atoms with E-state index in [1.54, 1.807) is 41.5 Å². The molecule has 2 aromatic carbocycles. The molecule has 8 rings (SSSR count). The van der Waals surface area contributed by atoms with E-state index < -0.39 is 194 Å². The van der Waals surface area contributed by atoms with Gasteiger partial charge in [-0.25, -0.2) is 0 Å². The second-order valence-corrected chi connectivity index (χ2v) is 24.1. The van der Waals surface area contributed by atoms with E-state index in [0.29, 0.717) is 0 Å². The first kappa shape index (κ1) is 66.6. The van der Waals surface area contributed by atoms with Gasteiger partial charge in [0.1, 0.15) is 65.6 Å². The maximum atomic E-state index is 15.2. The molecule has 26 heteroatoms. The molecule has 0 amide bonds. The van der Waals surface area contributed by atoms with Crippen molar-refractivity contribution in [2.75, 3.05) is 14.2 Å². The predicted molar refractivity (Wildman–Crippen MR) is 292 cm³/mol. The van der Waals surface area contributed by atoms with E-state index in [9.17, 15) is 55.2 Å². The summed E-state index contributed by atoms with van der Waals surface area (Å²) in [5.41, 5.74) is -1.53. The summed E-state index contributed by atoms with van der Waals surface area (Å²) in [6, 6.07) is 3.04. The molecule has 0 radical (unpaired) electrons. The fourth-order valence-corrected chi connectivity index (χ4v) is 12.5. The fraction of sp³-hybridized carbons (Fsp3) is 0.763. The number of carbonyl (C=O) groups excluding carboxylic acids is 4. The van der Waals surface area contributed by atoms with Crippen LogP contribution < -0.4 is 4.74 Å². The molecule has 2 aromatic rings. The molecule has 5 saturated heterocycles. The molecule has 5 heterocycles. The minimum Gasteiger partial charge on any atom is -0.507 e. The number of carbonyl (C=O) groups is 4. The van der Waals surface area contributed by atoms with Gasteiger partial charge in [-0.3, -0.25) is 19.2 Å². The highest BCUT2D eigenvalue weighted by atomic mass is 16.7. The first-order valence-electron chi connectivity index (χ1n) is 29.1. The minimum absolute atomic E-state index is 0.0255. The molecule has 8 N–H and O–H groups in total. The summed E-state index contributed by atoms with van der Waals surface area (Å²) in [7, 11) is 2.65. The van der Waals surface area contributed by atoms with Gasteiger partial charge in [0.2, 0.25) is 6.29 Å². The number of Topliss-reactive ketones (excluding diaryl/α,β-unsaturated/α-hetero) is 2. The van der Waals surface area contributed by atoms with E-state index in [1.807, 2.05) is 0 Å². The number of phenols is 2. The number of aliphatic hydroxyl groups excluding tert-OH is 5. The molecule has 5 aliphatic heterocycles. The SMILES string of the molecule is CO[C@@H]1[C@H](C)O[C@@H](O[C@H]2C[C@@H](Oc3cc4cc5c(c(O)c4c(O)c3C)C(=O)[C@H](O[C@@H]3C[C@H](O[C@@H]4C[C@H](O[C@@H]6C[C@@](C)(O)[C@H](OC(=O)C(C)C)[C@@H](C)O6)[C@@H](O)[C@H](C)O4)[C@@H](O)[C@H](C)O3)[C@@H]([C@@H](OC)C(=O)[C@H](O)[C@H](C)O)C5)O[C@@H](C)[C@H]2OC(C)=O)C[C@@H]1O. The van der Waals surface area contributed by atoms with E-state index in [-0.39, 0.29) is 71.7 Å². The maximum Gasteiger partial charge on any atom is 0.308 e. The van der Waals surface area contributed by atoms with Crippen LogP contribution in [0.25, 0.3) is 10.8 Å². The first-order valence-corrected chi connectivity index (χ1v) is 29.1. The number of phenolic OH excluding ortho intramolecular Hbond substituents is 2. The third-order valence-corrected chi connectivity index (χ3v) is 17.1. The van der Waals surface area contributed by atoms with Crippen LogP contribution in [0.15, 0.2) is 12.1 Å². The highest BCUT2D eigenvalue weighted by molar-refractivity contribution is 6.11. The molecule has 0 saturated carbocycles. The Labute approximate surface area is 493 Å². The van der Waals surface area contributed by atoms with Crippen LogP contribution in [-0.4, -0.2) is 225 Å². The van der Waals surface area contributed by atoms with Gasteiger partial charge in [-0.15, -0.1) is 0 Å². The Morgan fingerprint density at radius 1 is 0.694 bits per heavy atom. The summed E-state index contributed by atoms with van der Waals surface area (Å²) in [6.07, 6.45) is -25.9. The van der Waals surface area contributed by atoms with Crippen molar-refractivity contribution >= 4 is 34.3 Å². The summed E-state index contributed by atoms with van der Waals surface area (Å²) < 4.78 is 84.7. The highest BCUT2D eigenvalue weighted by Gasteiger charge is 2.53. The molecular formula is C59H86O26. The van der Waals surface area contributed by atoms with Crippen molar-refractivity contribution in [3.63, 3.8) is 0 Å². The van der Waals surface area contributed by atoms with E-state index in [0.717, 1.165) is 0 Å². The number of hydrogen-bond acceptors (Lipinski definition) is 26. The van der Waals surface area contributed by atoms with E-state index in [4.69, 9.17) is 66.3 Å². The molecule has 1 aliphatic carbocycles. The Morgan fingerprint density at radius 3 is 1.80 bits per heavy atom. The molecule has 85 heavy (non-hydrogen) atoms. The molecule has 26 nitrogen and oxygen atoms in total. The predicted octanol–water partition coefficient (Wildman–Crippen LogP) is 2.18. The van der Waals surface area contributed by atoms with E-state index in [2.05, 4.69) is 0 Å². The van der Waals surface area contributed by atoms with Crippen molar-refractivity contribution in [3.8, 4) is 17.2 Å². The van der Waals surface area contributed by atoms with Gasteiger partial charge in [-0.2, -0.15) is 0 Å². The lowest BCUT2D eigenvalue weighted by Crippen LogP contribution is -2.59. The number of aliphatic hydroxyl groups is 6. The molecule has 0 spiro atoms. The second-order valence-electron chi connectivity index (χ2n) is 24.1. The van der Waals surface area contributed by atoms with Crippen LogP contribution in [0.4, 0.5) is 0 Å². The van der Waals surface area contributed by atoms with E-state index in [1.165, 1.54) is 61.0 Å². The van der Waals surface area contributed by atoms with Gasteiger partial charge in [-0.05, 0) is 84.9 Å². The lowest BCUT2D eigenvalue weighted by atomic mass is 9.75. The molecular weight excluding hydrogens is 1120 g/mol. The summed E-state index contributed by atoms with van der Waals surface area (Å²) in [5.74, 6) is -5.68. The summed E-state index contributed by atoms with van der Waals surface area (Å²) >= 11 is 0. The van der Waals surface area contributed by atoms with Gasteiger partial charge < -0.3 is 107 Å². The quantitative estimate of drug-likeness (QED) is 0.0935. The third kappa shape index (κ3) is 14.4. The van der Waals surface area contributed by atoms with Crippen molar-refractivity contribution in [1.29, 1.82) is 0 Å². The number of rotatable bonds is 19. The number of aromatic hydroxyl groups is 2. The van der Waals surface area contributed by atoms with Gasteiger partial charge in [0, 0.05) is 64.7 Å². The molecule has 5 fully saturated rings. The smallest absolute Gasteiger partial charge is 0.308 e. The fourth-order valence-electron chi connectivity index (χ4n) is 12.5. The minimum atomic E-state index is -1.96. The average molecular weight is 1210 g/mol. The van der Waals surface area contributed by atoms with Gasteiger partial charge >= 0.3 is 11.9 Å². The number of hydrogen-bond donors (Lipinski definition) is 8. The van der Waals surface area contributed by atoms with Crippen molar-refractivity contribution in [2.45, 2.75) is 262 Å². The first-order chi connectivity index (χ1) is 39.9. The Hall–Kier alpha value is -4.30. The number of benzene rings is 2. The summed E-state index contributed by atoms with van der Waals surface area (Å²) in [6.45, 7) is 17.0. The number of fused-ring (bicyclic) bond motifs is 2. The lowest BCUT2D eigenvalue weighted by molar-refractivity contribution is -0.334. The van der Waals surface area contributed by atoms with Gasteiger partial charge in [0.05, 0.1) is 71.8 Å². The van der Waals surface area contributed by atoms with Crippen LogP contribution >= 0.6 is 0 Å². The summed E-state index contributed by atoms with van der Waals surface area (Å²) in [5, 5.41) is 90.4.